The molecule has 18 heteroatoms. The van der Waals surface area contributed by atoms with Gasteiger partial charge in [-0.2, -0.15) is 70.2 Å². The van der Waals surface area contributed by atoms with E-state index in [4.69, 9.17) is 0 Å². The van der Waals surface area contributed by atoms with E-state index < -0.39 is 67.4 Å². The first-order valence-corrected chi connectivity index (χ1v) is 6.61. The Bertz CT molecular complexity index is 479. The Kier molecular flexibility index (Phi) is 6.18. The van der Waals surface area contributed by atoms with Crippen molar-refractivity contribution in [3.63, 3.8) is 0 Å². The molecule has 158 valence electrons. The Hall–Kier alpha value is -0.100. The molecule has 0 spiro atoms. The predicted molar refractivity (Wildman–Crippen MR) is 59.4 cm³/mol. The average Bonchev–Trinajstić information content (AvgIpc) is 2.34. The van der Waals surface area contributed by atoms with Gasteiger partial charge in [0.25, 0.3) is 0 Å². The van der Waals surface area contributed by atoms with Crippen LogP contribution in [0.4, 0.5) is 70.2 Å². The highest BCUT2D eigenvalue weighted by molar-refractivity contribution is 14.1. The molecule has 0 bridgehead atoms. The topological polar surface area (TPSA) is 0 Å². The lowest BCUT2D eigenvalue weighted by molar-refractivity contribution is -0.442. The predicted octanol–water partition coefficient (Wildman–Crippen LogP) is 6.66. The zero-order valence-electron chi connectivity index (χ0n) is 10.8. The Labute approximate surface area is 150 Å². The van der Waals surface area contributed by atoms with Gasteiger partial charge in [0.05, 0.1) is 0 Å². The van der Waals surface area contributed by atoms with Crippen LogP contribution in [0.5, 0.6) is 0 Å². The molecule has 0 nitrogen and oxygen atoms in total. The van der Waals surface area contributed by atoms with Gasteiger partial charge in [-0.15, -0.1) is 0 Å². The van der Waals surface area contributed by atoms with Gasteiger partial charge in [-0.3, -0.25) is 0 Å². The maximum Gasteiger partial charge on any atom is 0.393 e. The number of halogens is 18. The molecular formula is C8ClF16I. The van der Waals surface area contributed by atoms with Crippen molar-refractivity contribution in [1.82, 2.24) is 0 Å². The molecule has 26 heavy (non-hydrogen) atoms. The molecule has 0 aliphatic rings. The quantitative estimate of drug-likeness (QED) is 0.185. The van der Waals surface area contributed by atoms with Crippen LogP contribution in [0.15, 0.2) is 0 Å². The molecule has 0 radical (unpaired) electrons. The number of hydrogen-bond acceptors (Lipinski definition) is 0. The monoisotopic (exact) mass is 562 g/mol. The zero-order chi connectivity index (χ0) is 22.0. The van der Waals surface area contributed by atoms with Crippen molar-refractivity contribution in [2.24, 2.45) is 0 Å². The van der Waals surface area contributed by atoms with Gasteiger partial charge in [-0.25, -0.2) is 0 Å². The van der Waals surface area contributed by atoms with Gasteiger partial charge in [-0.05, 0) is 11.6 Å². The highest BCUT2D eigenvalue weighted by atomic mass is 127. The fourth-order valence-electron chi connectivity index (χ4n) is 1.14. The van der Waals surface area contributed by atoms with E-state index in [2.05, 4.69) is 11.6 Å². The Balaban J connectivity index is 6.61. The third kappa shape index (κ3) is 3.17. The number of hydrogen-bond donors (Lipinski definition) is 0. The summed E-state index contributed by atoms with van der Waals surface area (Å²) in [5, 5.41) is -6.76. The van der Waals surface area contributed by atoms with E-state index in [1.807, 2.05) is 0 Å². The van der Waals surface area contributed by atoms with Crippen LogP contribution in [0.1, 0.15) is 0 Å². The van der Waals surface area contributed by atoms with Gasteiger partial charge in [0.15, 0.2) is 0 Å². The van der Waals surface area contributed by atoms with Gasteiger partial charge in [-0.1, -0.05) is 0 Å². The van der Waals surface area contributed by atoms with Crippen molar-refractivity contribution in [2.75, 3.05) is 0 Å². The average molecular weight is 562 g/mol. The summed E-state index contributed by atoms with van der Waals surface area (Å²) in [5.74, 6) is -48.3. The van der Waals surface area contributed by atoms with Crippen molar-refractivity contribution in [3.8, 4) is 0 Å². The minimum atomic E-state index is -8.41. The molecule has 0 heterocycles. The van der Waals surface area contributed by atoms with E-state index in [1.165, 1.54) is 0 Å². The van der Waals surface area contributed by atoms with Gasteiger partial charge >= 0.3 is 44.8 Å². The van der Waals surface area contributed by atoms with Crippen LogP contribution in [0, 0.1) is 0 Å². The van der Waals surface area contributed by atoms with Crippen molar-refractivity contribution in [3.05, 3.63) is 0 Å². The molecule has 0 saturated heterocycles. The fraction of sp³-hybridized carbons (Fsp3) is 1.00. The first-order chi connectivity index (χ1) is 10.8. The standard InChI is InChI=1S/C8ClF16I/c9-7(22,23)5(18,19)3(14,15)1(10,11)2(12,13)4(16,17)6(20,21)8(24,25)26. The molecule has 0 atom stereocenters. The minimum Gasteiger partial charge on any atom is -0.192 e. The number of alkyl halides is 18. The Morgan fingerprint density at radius 2 is 0.577 bits per heavy atom. The van der Waals surface area contributed by atoms with Crippen LogP contribution in [-0.2, 0) is 0 Å². The molecule has 0 fully saturated rings. The Morgan fingerprint density at radius 3 is 0.769 bits per heavy atom. The molecule has 0 unspecified atom stereocenters. The molecule has 0 aromatic heterocycles. The second-order valence-electron chi connectivity index (χ2n) is 4.44. The lowest BCUT2D eigenvalue weighted by Crippen LogP contribution is -2.73. The fourth-order valence-corrected chi connectivity index (χ4v) is 1.60. The zero-order valence-corrected chi connectivity index (χ0v) is 13.7. The maximum atomic E-state index is 13.0. The van der Waals surface area contributed by atoms with Crippen molar-refractivity contribution in [1.29, 1.82) is 0 Å². The smallest absolute Gasteiger partial charge is 0.192 e. The van der Waals surface area contributed by atoms with E-state index in [0.29, 0.717) is 0 Å². The summed E-state index contributed by atoms with van der Waals surface area (Å²) in [5.41, 5.74) is 0. The van der Waals surface area contributed by atoms with Gasteiger partial charge in [0.2, 0.25) is 0 Å². The van der Waals surface area contributed by atoms with E-state index in [-0.39, 0.29) is 0 Å². The van der Waals surface area contributed by atoms with Crippen LogP contribution < -0.4 is 0 Å². The normalized spacial score (nSPS) is 16.8. The lowest BCUT2D eigenvalue weighted by Gasteiger charge is -2.42. The highest BCUT2D eigenvalue weighted by Gasteiger charge is 2.94. The summed E-state index contributed by atoms with van der Waals surface area (Å²) in [7, 11) is 0. The second kappa shape index (κ2) is 6.20. The molecular weight excluding hydrogens is 562 g/mol. The highest BCUT2D eigenvalue weighted by Crippen LogP contribution is 2.64. The molecule has 0 aromatic rings. The molecule has 0 N–H and O–H groups in total. The van der Waals surface area contributed by atoms with Crippen LogP contribution in [0.25, 0.3) is 0 Å². The Morgan fingerprint density at radius 1 is 0.385 bits per heavy atom. The summed E-state index contributed by atoms with van der Waals surface area (Å²) >= 11 is 2.39. The maximum absolute atomic E-state index is 13.0. The van der Waals surface area contributed by atoms with E-state index >= 15 is 0 Å². The van der Waals surface area contributed by atoms with Crippen LogP contribution in [-0.4, -0.2) is 44.8 Å². The van der Waals surface area contributed by atoms with E-state index in [9.17, 15) is 70.2 Å². The SMILES string of the molecule is FC(F)(Cl)C(F)(F)C(F)(F)C(F)(F)C(F)(F)C(F)(F)C(F)(F)C(F)(F)I. The van der Waals surface area contributed by atoms with Crippen molar-refractivity contribution >= 4 is 34.2 Å². The van der Waals surface area contributed by atoms with Crippen LogP contribution in [0.3, 0.4) is 0 Å². The molecule has 0 aliphatic heterocycles. The molecule has 0 saturated carbocycles. The number of rotatable bonds is 7. The van der Waals surface area contributed by atoms with Crippen LogP contribution >= 0.6 is 34.2 Å². The summed E-state index contributed by atoms with van der Waals surface area (Å²) in [6.45, 7) is 0. The largest absolute Gasteiger partial charge is 0.393 e. The summed E-state index contributed by atoms with van der Waals surface area (Å²) in [6, 6.07) is 0. The summed E-state index contributed by atoms with van der Waals surface area (Å²) < 4.78 is 197. The molecule has 0 amide bonds. The van der Waals surface area contributed by atoms with Crippen molar-refractivity contribution in [2.45, 2.75) is 44.8 Å². The van der Waals surface area contributed by atoms with Gasteiger partial charge in [0.1, 0.15) is 0 Å². The van der Waals surface area contributed by atoms with E-state index in [1.54, 1.807) is 0 Å². The van der Waals surface area contributed by atoms with Gasteiger partial charge < -0.3 is 0 Å². The third-order valence-corrected chi connectivity index (χ3v) is 3.60. The first-order valence-electron chi connectivity index (χ1n) is 5.15. The minimum absolute atomic E-state index is 0.956. The summed E-state index contributed by atoms with van der Waals surface area (Å²) in [4.78, 5) is 0. The summed E-state index contributed by atoms with van der Waals surface area (Å²) in [6.07, 6.45) is 0. The molecule has 0 aliphatic carbocycles. The van der Waals surface area contributed by atoms with Gasteiger partial charge in [0, 0.05) is 22.6 Å². The van der Waals surface area contributed by atoms with E-state index in [0.717, 1.165) is 0 Å². The molecule has 0 rings (SSSR count). The molecule has 0 aromatic carbocycles. The lowest BCUT2D eigenvalue weighted by atomic mass is 9.91. The second-order valence-corrected chi connectivity index (χ2v) is 6.27. The van der Waals surface area contributed by atoms with Crippen LogP contribution in [0.2, 0.25) is 0 Å². The van der Waals surface area contributed by atoms with Crippen molar-refractivity contribution < 1.29 is 70.2 Å². The first kappa shape index (κ1) is 25.9. The third-order valence-electron chi connectivity index (χ3n) is 2.68.